The third kappa shape index (κ3) is 8.34. The predicted molar refractivity (Wildman–Crippen MR) is 78.9 cm³/mol. The SMILES string of the molecule is Cl.NCC(=O)NCC(=O)NCCCOc1ccccc1. The number of nitrogens with one attached hydrogen (secondary N) is 2. The normalized spacial score (nSPS) is 9.25. The zero-order chi connectivity index (χ0) is 13.9. The molecule has 1 rings (SSSR count). The smallest absolute Gasteiger partial charge is 0.239 e. The van der Waals surface area contributed by atoms with Crippen LogP contribution < -0.4 is 21.1 Å². The topological polar surface area (TPSA) is 93.5 Å². The van der Waals surface area contributed by atoms with Crippen LogP contribution >= 0.6 is 12.4 Å². The lowest BCUT2D eigenvalue weighted by molar-refractivity contribution is -0.125. The van der Waals surface area contributed by atoms with Crippen molar-refractivity contribution in [1.82, 2.24) is 10.6 Å². The Bertz CT molecular complexity index is 401. The van der Waals surface area contributed by atoms with E-state index >= 15 is 0 Å². The molecule has 0 aliphatic heterocycles. The fourth-order valence-electron chi connectivity index (χ4n) is 1.32. The van der Waals surface area contributed by atoms with E-state index in [4.69, 9.17) is 10.5 Å². The van der Waals surface area contributed by atoms with Gasteiger partial charge in [0.1, 0.15) is 5.75 Å². The number of nitrogens with two attached hydrogens (primary N) is 1. The Morgan fingerprint density at radius 3 is 2.45 bits per heavy atom. The molecule has 0 atom stereocenters. The van der Waals surface area contributed by atoms with Crippen LogP contribution in [0.1, 0.15) is 6.42 Å². The van der Waals surface area contributed by atoms with Crippen molar-refractivity contribution >= 4 is 24.2 Å². The van der Waals surface area contributed by atoms with Gasteiger partial charge in [-0.25, -0.2) is 0 Å². The fraction of sp³-hybridized carbons (Fsp3) is 0.385. The van der Waals surface area contributed by atoms with Crippen LogP contribution in [0.15, 0.2) is 30.3 Å². The van der Waals surface area contributed by atoms with Gasteiger partial charge >= 0.3 is 0 Å². The number of halogens is 1. The highest BCUT2D eigenvalue weighted by Crippen LogP contribution is 2.07. The molecule has 7 heteroatoms. The number of para-hydroxylation sites is 1. The van der Waals surface area contributed by atoms with Gasteiger partial charge < -0.3 is 21.1 Å². The lowest BCUT2D eigenvalue weighted by Gasteiger charge is -2.07. The van der Waals surface area contributed by atoms with Gasteiger partial charge in [-0.05, 0) is 18.6 Å². The predicted octanol–water partition coefficient (Wildman–Crippen LogP) is 0.0684. The molecule has 0 fully saturated rings. The summed E-state index contributed by atoms with van der Waals surface area (Å²) >= 11 is 0. The first-order valence-electron chi connectivity index (χ1n) is 6.13. The third-order valence-corrected chi connectivity index (χ3v) is 2.29. The summed E-state index contributed by atoms with van der Waals surface area (Å²) < 4.78 is 5.47. The van der Waals surface area contributed by atoms with Crippen molar-refractivity contribution in [2.75, 3.05) is 26.2 Å². The zero-order valence-corrected chi connectivity index (χ0v) is 11.9. The highest BCUT2D eigenvalue weighted by Gasteiger charge is 2.02. The molecule has 0 spiro atoms. The van der Waals surface area contributed by atoms with Gasteiger partial charge in [-0.1, -0.05) is 18.2 Å². The van der Waals surface area contributed by atoms with Crippen LogP contribution in [0.5, 0.6) is 5.75 Å². The quantitative estimate of drug-likeness (QED) is 0.592. The van der Waals surface area contributed by atoms with Gasteiger partial charge in [0.25, 0.3) is 0 Å². The van der Waals surface area contributed by atoms with Crippen LogP contribution in [-0.2, 0) is 9.59 Å². The molecule has 0 bridgehead atoms. The van der Waals surface area contributed by atoms with Crippen LogP contribution in [0.3, 0.4) is 0 Å². The van der Waals surface area contributed by atoms with Gasteiger partial charge in [0.05, 0.1) is 19.7 Å². The highest BCUT2D eigenvalue weighted by molar-refractivity contribution is 5.85. The molecular formula is C13H20ClN3O3. The van der Waals surface area contributed by atoms with E-state index in [1.54, 1.807) is 0 Å². The maximum Gasteiger partial charge on any atom is 0.239 e. The molecule has 0 aromatic heterocycles. The summed E-state index contributed by atoms with van der Waals surface area (Å²) in [7, 11) is 0. The molecule has 1 aromatic carbocycles. The van der Waals surface area contributed by atoms with Gasteiger partial charge in [0, 0.05) is 6.54 Å². The Kier molecular flexibility index (Phi) is 10.1. The number of amides is 2. The number of hydrogen-bond donors (Lipinski definition) is 3. The molecule has 4 N–H and O–H groups in total. The van der Waals surface area contributed by atoms with E-state index in [1.165, 1.54) is 0 Å². The Morgan fingerprint density at radius 2 is 1.80 bits per heavy atom. The van der Waals surface area contributed by atoms with Gasteiger partial charge in [-0.2, -0.15) is 0 Å². The maximum atomic E-state index is 11.3. The summed E-state index contributed by atoms with van der Waals surface area (Å²) in [5.74, 6) is 0.230. The first-order valence-corrected chi connectivity index (χ1v) is 6.13. The van der Waals surface area contributed by atoms with Gasteiger partial charge in [-0.15, -0.1) is 12.4 Å². The second-order valence-electron chi connectivity index (χ2n) is 3.85. The van der Waals surface area contributed by atoms with E-state index in [0.717, 1.165) is 5.75 Å². The van der Waals surface area contributed by atoms with Crippen LogP contribution in [-0.4, -0.2) is 38.1 Å². The van der Waals surface area contributed by atoms with Gasteiger partial charge in [-0.3, -0.25) is 9.59 Å². The van der Waals surface area contributed by atoms with Gasteiger partial charge in [0.2, 0.25) is 11.8 Å². The first-order chi connectivity index (χ1) is 9.22. The minimum atomic E-state index is -0.345. The molecule has 0 heterocycles. The highest BCUT2D eigenvalue weighted by atomic mass is 35.5. The molecule has 0 saturated carbocycles. The minimum Gasteiger partial charge on any atom is -0.494 e. The molecule has 0 unspecified atom stereocenters. The van der Waals surface area contributed by atoms with E-state index < -0.39 is 0 Å². The summed E-state index contributed by atoms with van der Waals surface area (Å²) in [6.45, 7) is 0.872. The Balaban J connectivity index is 0.00000361. The van der Waals surface area contributed by atoms with Crippen molar-refractivity contribution < 1.29 is 14.3 Å². The summed E-state index contributed by atoms with van der Waals surface area (Å²) in [4.78, 5) is 22.1. The molecular weight excluding hydrogens is 282 g/mol. The molecule has 0 aliphatic carbocycles. The van der Waals surface area contributed by atoms with E-state index in [2.05, 4.69) is 10.6 Å². The Hall–Kier alpha value is -1.79. The average Bonchev–Trinajstić information content (AvgIpc) is 2.45. The van der Waals surface area contributed by atoms with E-state index in [0.29, 0.717) is 19.6 Å². The number of carbonyl (C=O) groups excluding carboxylic acids is 2. The second kappa shape index (κ2) is 11.1. The summed E-state index contributed by atoms with van der Waals surface area (Å²) in [6, 6.07) is 9.47. The van der Waals surface area contributed by atoms with Crippen molar-refractivity contribution in [3.63, 3.8) is 0 Å². The fourth-order valence-corrected chi connectivity index (χ4v) is 1.32. The number of benzene rings is 1. The summed E-state index contributed by atoms with van der Waals surface area (Å²) in [5.41, 5.74) is 5.09. The molecule has 20 heavy (non-hydrogen) atoms. The Morgan fingerprint density at radius 1 is 1.10 bits per heavy atom. The molecule has 0 radical (unpaired) electrons. The molecule has 6 nitrogen and oxygen atoms in total. The molecule has 1 aromatic rings. The minimum absolute atomic E-state index is 0. The number of rotatable bonds is 8. The van der Waals surface area contributed by atoms with E-state index in [9.17, 15) is 9.59 Å². The van der Waals surface area contributed by atoms with E-state index in [1.807, 2.05) is 30.3 Å². The number of carbonyl (C=O) groups is 2. The Labute approximate surface area is 124 Å². The lowest BCUT2D eigenvalue weighted by Crippen LogP contribution is -2.39. The van der Waals surface area contributed by atoms with Crippen LogP contribution in [0.4, 0.5) is 0 Å². The van der Waals surface area contributed by atoms with Crippen molar-refractivity contribution in [1.29, 1.82) is 0 Å². The number of ether oxygens (including phenoxy) is 1. The average molecular weight is 302 g/mol. The lowest BCUT2D eigenvalue weighted by atomic mass is 10.3. The van der Waals surface area contributed by atoms with Gasteiger partial charge in [0.15, 0.2) is 0 Å². The van der Waals surface area contributed by atoms with Crippen LogP contribution in [0.2, 0.25) is 0 Å². The molecule has 112 valence electrons. The first kappa shape index (κ1) is 18.2. The standard InChI is InChI=1S/C13H19N3O3.ClH/c14-9-12(17)16-10-13(18)15-7-4-8-19-11-5-2-1-3-6-11;/h1-3,5-6H,4,7-10,14H2,(H,15,18)(H,16,17);1H. The monoisotopic (exact) mass is 301 g/mol. The molecule has 0 aliphatic rings. The zero-order valence-electron chi connectivity index (χ0n) is 11.1. The summed E-state index contributed by atoms with van der Waals surface area (Å²) in [5, 5.41) is 5.07. The second-order valence-corrected chi connectivity index (χ2v) is 3.85. The largest absolute Gasteiger partial charge is 0.494 e. The van der Waals surface area contributed by atoms with Crippen LogP contribution in [0.25, 0.3) is 0 Å². The third-order valence-electron chi connectivity index (χ3n) is 2.29. The van der Waals surface area contributed by atoms with Crippen molar-refractivity contribution in [3.05, 3.63) is 30.3 Å². The van der Waals surface area contributed by atoms with Crippen molar-refractivity contribution in [2.24, 2.45) is 5.73 Å². The molecule has 2 amide bonds. The molecule has 0 saturated heterocycles. The van der Waals surface area contributed by atoms with Crippen molar-refractivity contribution in [2.45, 2.75) is 6.42 Å². The summed E-state index contributed by atoms with van der Waals surface area (Å²) in [6.07, 6.45) is 0.700. The number of hydrogen-bond acceptors (Lipinski definition) is 4. The van der Waals surface area contributed by atoms with Crippen LogP contribution in [0, 0.1) is 0 Å². The maximum absolute atomic E-state index is 11.3. The van der Waals surface area contributed by atoms with Crippen molar-refractivity contribution in [3.8, 4) is 5.75 Å². The van der Waals surface area contributed by atoms with E-state index in [-0.39, 0.29) is 37.3 Å².